The third-order valence-electron chi connectivity index (χ3n) is 8.80. The zero-order valence-corrected chi connectivity index (χ0v) is 21.3. The summed E-state index contributed by atoms with van der Waals surface area (Å²) < 4.78 is 0. The molecule has 1 saturated heterocycles. The van der Waals surface area contributed by atoms with Gasteiger partial charge in [-0.2, -0.15) is 0 Å². The van der Waals surface area contributed by atoms with E-state index >= 15 is 0 Å². The van der Waals surface area contributed by atoms with Crippen molar-refractivity contribution >= 4 is 28.3 Å². The van der Waals surface area contributed by atoms with E-state index in [4.69, 9.17) is 0 Å². The van der Waals surface area contributed by atoms with E-state index in [1.165, 1.54) is 43.4 Å². The molecule has 1 atom stereocenters. The molecule has 2 N–H and O–H groups in total. The van der Waals surface area contributed by atoms with Crippen LogP contribution in [-0.2, 0) is 16.1 Å². The van der Waals surface area contributed by atoms with Crippen molar-refractivity contribution in [2.75, 3.05) is 18.4 Å². The Bertz CT molecular complexity index is 838. The minimum absolute atomic E-state index is 0.0256. The van der Waals surface area contributed by atoms with E-state index < -0.39 is 6.04 Å². The molecule has 0 spiro atoms. The van der Waals surface area contributed by atoms with Gasteiger partial charge in [0.25, 0.3) is 0 Å². The Hall–Kier alpha value is -1.47. The van der Waals surface area contributed by atoms with Crippen molar-refractivity contribution < 1.29 is 9.59 Å². The molecule has 1 aromatic heterocycles. The molecule has 1 unspecified atom stereocenters. The molecule has 4 saturated carbocycles. The minimum atomic E-state index is -0.526. The van der Waals surface area contributed by atoms with E-state index in [1.54, 1.807) is 0 Å². The topological polar surface area (TPSA) is 74.3 Å². The summed E-state index contributed by atoms with van der Waals surface area (Å²) in [5.74, 6) is 2.96. The Morgan fingerprint density at radius 3 is 2.30 bits per heavy atom. The summed E-state index contributed by atoms with van der Waals surface area (Å²) in [6.45, 7) is 9.42. The average Bonchev–Trinajstić information content (AvgIpc) is 3.18. The van der Waals surface area contributed by atoms with Crippen LogP contribution in [0.5, 0.6) is 0 Å². The molecule has 5 fully saturated rings. The number of hydrogen-bond acceptors (Lipinski definition) is 5. The molecule has 4 aliphatic carbocycles. The van der Waals surface area contributed by atoms with Crippen LogP contribution in [0.15, 0.2) is 5.38 Å². The van der Waals surface area contributed by atoms with Crippen LogP contribution in [0.2, 0.25) is 0 Å². The van der Waals surface area contributed by atoms with Gasteiger partial charge in [0.1, 0.15) is 6.04 Å². The van der Waals surface area contributed by atoms with Crippen LogP contribution in [-0.4, -0.2) is 40.8 Å². The maximum absolute atomic E-state index is 13.5. The SMILES string of the molecule is CC1CCN(Cc2csc(NC(=O)C(NC(=O)C34CC5CC(CC(C5)C3)C4)C(C)C)n2)CC1. The Labute approximate surface area is 202 Å². The summed E-state index contributed by atoms with van der Waals surface area (Å²) >= 11 is 1.48. The fourth-order valence-corrected chi connectivity index (χ4v) is 7.99. The molecule has 1 aromatic rings. The maximum Gasteiger partial charge on any atom is 0.248 e. The zero-order chi connectivity index (χ0) is 23.2. The van der Waals surface area contributed by atoms with Gasteiger partial charge in [-0.05, 0) is 94.0 Å². The van der Waals surface area contributed by atoms with Crippen molar-refractivity contribution in [1.29, 1.82) is 0 Å². The second-order valence-corrected chi connectivity index (χ2v) is 12.8. The minimum Gasteiger partial charge on any atom is -0.344 e. The Morgan fingerprint density at radius 1 is 1.12 bits per heavy atom. The molecule has 2 heterocycles. The van der Waals surface area contributed by atoms with Crippen molar-refractivity contribution in [3.05, 3.63) is 11.1 Å². The van der Waals surface area contributed by atoms with Crippen molar-refractivity contribution in [3.63, 3.8) is 0 Å². The van der Waals surface area contributed by atoms with E-state index in [9.17, 15) is 9.59 Å². The van der Waals surface area contributed by atoms with Gasteiger partial charge in [-0.1, -0.05) is 20.8 Å². The quantitative estimate of drug-likeness (QED) is 0.605. The first kappa shape index (κ1) is 23.3. The fraction of sp³-hybridized carbons (Fsp3) is 0.808. The number of rotatable bonds is 7. The number of carbonyl (C=O) groups excluding carboxylic acids is 2. The van der Waals surface area contributed by atoms with Crippen LogP contribution < -0.4 is 10.6 Å². The van der Waals surface area contributed by atoms with E-state index in [2.05, 4.69) is 27.4 Å². The molecule has 5 aliphatic rings. The summed E-state index contributed by atoms with van der Waals surface area (Å²) in [7, 11) is 0. The van der Waals surface area contributed by atoms with Crippen molar-refractivity contribution in [3.8, 4) is 0 Å². The van der Waals surface area contributed by atoms with Crippen LogP contribution in [0.4, 0.5) is 5.13 Å². The van der Waals surface area contributed by atoms with Gasteiger partial charge in [-0.3, -0.25) is 14.5 Å². The lowest BCUT2D eigenvalue weighted by Gasteiger charge is -2.55. The maximum atomic E-state index is 13.5. The predicted octanol–water partition coefficient (Wildman–Crippen LogP) is 4.67. The molecule has 2 amide bonds. The molecule has 1 aliphatic heterocycles. The number of carbonyl (C=O) groups is 2. The first-order valence-corrected chi connectivity index (χ1v) is 14.0. The van der Waals surface area contributed by atoms with Crippen LogP contribution in [0.1, 0.15) is 77.8 Å². The molecule has 6 rings (SSSR count). The summed E-state index contributed by atoms with van der Waals surface area (Å²) in [4.78, 5) is 33.8. The number of nitrogens with zero attached hydrogens (tertiary/aromatic N) is 2. The van der Waals surface area contributed by atoms with E-state index in [0.717, 1.165) is 50.5 Å². The predicted molar refractivity (Wildman–Crippen MR) is 132 cm³/mol. The van der Waals surface area contributed by atoms with E-state index in [-0.39, 0.29) is 23.1 Å². The number of piperidine rings is 1. The molecule has 33 heavy (non-hydrogen) atoms. The van der Waals surface area contributed by atoms with Gasteiger partial charge < -0.3 is 10.6 Å². The third-order valence-corrected chi connectivity index (χ3v) is 9.61. The zero-order valence-electron chi connectivity index (χ0n) is 20.4. The molecule has 0 aromatic carbocycles. The van der Waals surface area contributed by atoms with Crippen molar-refractivity contribution in [2.24, 2.45) is 35.0 Å². The first-order valence-electron chi connectivity index (χ1n) is 13.1. The van der Waals surface area contributed by atoms with Gasteiger partial charge >= 0.3 is 0 Å². The lowest BCUT2D eigenvalue weighted by Crippen LogP contribution is -2.57. The number of likely N-dealkylation sites (tertiary alicyclic amines) is 1. The van der Waals surface area contributed by atoms with Gasteiger partial charge in [0, 0.05) is 17.3 Å². The Morgan fingerprint density at radius 2 is 1.73 bits per heavy atom. The third kappa shape index (κ3) is 5.00. The second kappa shape index (κ2) is 9.29. The first-order chi connectivity index (χ1) is 15.8. The monoisotopic (exact) mass is 472 g/mol. The van der Waals surface area contributed by atoms with Gasteiger partial charge in [0.15, 0.2) is 5.13 Å². The molecule has 182 valence electrons. The number of thiazole rings is 1. The van der Waals surface area contributed by atoms with Gasteiger partial charge in [-0.25, -0.2) is 4.98 Å². The smallest absolute Gasteiger partial charge is 0.248 e. The second-order valence-electron chi connectivity index (χ2n) is 12.0. The summed E-state index contributed by atoms with van der Waals surface area (Å²) in [6, 6.07) is -0.526. The molecule has 7 heteroatoms. The number of hydrogen-bond donors (Lipinski definition) is 2. The molecular weight excluding hydrogens is 432 g/mol. The lowest BCUT2D eigenvalue weighted by atomic mass is 9.49. The van der Waals surface area contributed by atoms with Crippen molar-refractivity contribution in [1.82, 2.24) is 15.2 Å². The number of nitrogens with one attached hydrogen (secondary N) is 2. The highest BCUT2D eigenvalue weighted by Gasteiger charge is 2.55. The van der Waals surface area contributed by atoms with Crippen LogP contribution in [0, 0.1) is 35.0 Å². The van der Waals surface area contributed by atoms with Gasteiger partial charge in [0.2, 0.25) is 11.8 Å². The molecule has 4 bridgehead atoms. The highest BCUT2D eigenvalue weighted by molar-refractivity contribution is 7.13. The fourth-order valence-electron chi connectivity index (χ4n) is 7.29. The lowest BCUT2D eigenvalue weighted by molar-refractivity contribution is -0.148. The Kier molecular flexibility index (Phi) is 6.55. The van der Waals surface area contributed by atoms with E-state index in [1.807, 2.05) is 19.2 Å². The highest BCUT2D eigenvalue weighted by Crippen LogP contribution is 2.60. The van der Waals surface area contributed by atoms with Crippen LogP contribution in [0.3, 0.4) is 0 Å². The molecule has 6 nitrogen and oxygen atoms in total. The average molecular weight is 473 g/mol. The molecular formula is C26H40N4O2S. The highest BCUT2D eigenvalue weighted by atomic mass is 32.1. The normalized spacial score (nSPS) is 32.8. The van der Waals surface area contributed by atoms with Gasteiger partial charge in [-0.15, -0.1) is 11.3 Å². The van der Waals surface area contributed by atoms with Crippen LogP contribution >= 0.6 is 11.3 Å². The summed E-state index contributed by atoms with van der Waals surface area (Å²) in [6.07, 6.45) is 9.46. The van der Waals surface area contributed by atoms with Crippen molar-refractivity contribution in [2.45, 2.75) is 84.7 Å². The Balaban J connectivity index is 1.19. The van der Waals surface area contributed by atoms with Crippen LogP contribution in [0.25, 0.3) is 0 Å². The summed E-state index contributed by atoms with van der Waals surface area (Å²) in [5, 5.41) is 8.87. The number of aromatic nitrogens is 1. The largest absolute Gasteiger partial charge is 0.344 e. The number of amides is 2. The summed E-state index contributed by atoms with van der Waals surface area (Å²) in [5.41, 5.74) is 0.784. The van der Waals surface area contributed by atoms with E-state index in [0.29, 0.717) is 22.9 Å². The van der Waals surface area contributed by atoms with Gasteiger partial charge in [0.05, 0.1) is 5.69 Å². The molecule has 0 radical (unpaired) electrons. The standard InChI is InChI=1S/C26H40N4O2S/c1-16(2)22(28-24(32)26-11-18-8-19(12-26)10-20(9-18)13-26)23(31)29-25-27-21(15-33-25)14-30-6-4-17(3)5-7-30/h15-20,22H,4-14H2,1-3H3,(H,28,32)(H,27,29,31). The number of anilines is 1.